The number of carbonyl (C=O) groups is 2. The second kappa shape index (κ2) is 8.61. The molecule has 2 aromatic rings. The predicted molar refractivity (Wildman–Crippen MR) is 113 cm³/mol. The van der Waals surface area contributed by atoms with Gasteiger partial charge in [-0.3, -0.25) is 15.5 Å². The lowest BCUT2D eigenvalue weighted by Crippen LogP contribution is -2.36. The number of benzene rings is 1. The van der Waals surface area contributed by atoms with Gasteiger partial charge in [0, 0.05) is 36.8 Å². The Labute approximate surface area is 176 Å². The zero-order chi connectivity index (χ0) is 21.9. The number of fused-ring (bicyclic) bond motifs is 1. The maximum absolute atomic E-state index is 12.2. The Kier molecular flexibility index (Phi) is 6.14. The molecule has 30 heavy (non-hydrogen) atoms. The Morgan fingerprint density at radius 3 is 2.73 bits per heavy atom. The van der Waals surface area contributed by atoms with E-state index in [1.807, 2.05) is 25.4 Å². The zero-order valence-electron chi connectivity index (χ0n) is 17.7. The monoisotopic (exact) mass is 412 g/mol. The Morgan fingerprint density at radius 2 is 2.07 bits per heavy atom. The number of rotatable bonds is 5. The van der Waals surface area contributed by atoms with Gasteiger partial charge in [-0.25, -0.2) is 4.79 Å². The van der Waals surface area contributed by atoms with Gasteiger partial charge in [0.25, 0.3) is 5.91 Å². The van der Waals surface area contributed by atoms with E-state index in [0.717, 1.165) is 11.3 Å². The zero-order valence-corrected chi connectivity index (χ0v) is 17.7. The van der Waals surface area contributed by atoms with Gasteiger partial charge in [-0.15, -0.1) is 0 Å². The number of amides is 2. The molecular weight excluding hydrogens is 384 g/mol. The first-order chi connectivity index (χ1) is 14.1. The van der Waals surface area contributed by atoms with Gasteiger partial charge < -0.3 is 19.4 Å². The standard InChI is InChI=1S/C22H28N4O4/c1-22(2,3)30-21(28)25-19(23)14-7-8-18-16(12-14)15(13-29-18)9-10-24-20(27)17-6-5-11-26(17)4/h5-8,11-12,15H,9-10,13H2,1-4H3,(H,24,27)(H2,23,25,28). The molecule has 1 aromatic carbocycles. The van der Waals surface area contributed by atoms with Crippen LogP contribution >= 0.6 is 0 Å². The summed E-state index contributed by atoms with van der Waals surface area (Å²) in [6.07, 6.45) is 1.88. The minimum Gasteiger partial charge on any atom is -0.493 e. The van der Waals surface area contributed by atoms with Crippen molar-refractivity contribution < 1.29 is 19.1 Å². The summed E-state index contributed by atoms with van der Waals surface area (Å²) >= 11 is 0. The molecule has 0 bridgehead atoms. The highest BCUT2D eigenvalue weighted by Gasteiger charge is 2.25. The van der Waals surface area contributed by atoms with Crippen LogP contribution in [0.5, 0.6) is 5.75 Å². The van der Waals surface area contributed by atoms with Crippen LogP contribution in [0.4, 0.5) is 4.79 Å². The van der Waals surface area contributed by atoms with Crippen molar-refractivity contribution in [2.45, 2.75) is 38.7 Å². The third-order valence-corrected chi connectivity index (χ3v) is 4.76. The van der Waals surface area contributed by atoms with Crippen molar-refractivity contribution in [3.8, 4) is 5.75 Å². The molecule has 1 unspecified atom stereocenters. The lowest BCUT2D eigenvalue weighted by Gasteiger charge is -2.20. The number of nitrogens with one attached hydrogen (secondary N) is 3. The first kappa shape index (κ1) is 21.4. The van der Waals surface area contributed by atoms with E-state index in [1.165, 1.54) is 0 Å². The molecule has 0 aliphatic carbocycles. The van der Waals surface area contributed by atoms with Crippen LogP contribution in [0.15, 0.2) is 36.5 Å². The molecule has 0 radical (unpaired) electrons. The van der Waals surface area contributed by atoms with Crippen molar-refractivity contribution in [3.05, 3.63) is 53.3 Å². The molecule has 0 saturated carbocycles. The number of alkyl carbamates (subject to hydrolysis) is 1. The van der Waals surface area contributed by atoms with E-state index < -0.39 is 11.7 Å². The van der Waals surface area contributed by atoms with Crippen molar-refractivity contribution in [1.82, 2.24) is 15.2 Å². The van der Waals surface area contributed by atoms with Gasteiger partial charge in [0.05, 0.1) is 6.61 Å². The molecule has 1 atom stereocenters. The largest absolute Gasteiger partial charge is 0.493 e. The van der Waals surface area contributed by atoms with Crippen molar-refractivity contribution in [2.75, 3.05) is 13.2 Å². The highest BCUT2D eigenvalue weighted by atomic mass is 16.6. The van der Waals surface area contributed by atoms with Crippen LogP contribution in [-0.4, -0.2) is 41.2 Å². The van der Waals surface area contributed by atoms with E-state index in [4.69, 9.17) is 14.9 Å². The van der Waals surface area contributed by atoms with Gasteiger partial charge in [0.1, 0.15) is 22.9 Å². The Balaban J connectivity index is 1.59. The SMILES string of the molecule is Cn1cccc1C(=O)NCCC1COc2ccc(C(=N)NC(=O)OC(C)(C)C)cc21. The van der Waals surface area contributed by atoms with Crippen LogP contribution < -0.4 is 15.4 Å². The average molecular weight is 412 g/mol. The summed E-state index contributed by atoms with van der Waals surface area (Å²) in [5, 5.41) is 13.6. The summed E-state index contributed by atoms with van der Waals surface area (Å²) in [6, 6.07) is 9.00. The van der Waals surface area contributed by atoms with Crippen molar-refractivity contribution >= 4 is 17.8 Å². The Bertz CT molecular complexity index is 958. The van der Waals surface area contributed by atoms with Crippen molar-refractivity contribution in [2.24, 2.45) is 7.05 Å². The molecule has 160 valence electrons. The summed E-state index contributed by atoms with van der Waals surface area (Å²) in [6.45, 7) is 6.33. The van der Waals surface area contributed by atoms with E-state index in [0.29, 0.717) is 30.8 Å². The summed E-state index contributed by atoms with van der Waals surface area (Å²) in [4.78, 5) is 24.2. The molecule has 1 aliphatic rings. The summed E-state index contributed by atoms with van der Waals surface area (Å²) < 4.78 is 12.7. The first-order valence-electron chi connectivity index (χ1n) is 9.89. The van der Waals surface area contributed by atoms with E-state index in [9.17, 15) is 9.59 Å². The lowest BCUT2D eigenvalue weighted by atomic mass is 9.96. The Hall–Kier alpha value is -3.29. The lowest BCUT2D eigenvalue weighted by molar-refractivity contribution is 0.0563. The van der Waals surface area contributed by atoms with E-state index in [-0.39, 0.29) is 17.7 Å². The predicted octanol–water partition coefficient (Wildman–Crippen LogP) is 3.17. The van der Waals surface area contributed by atoms with Crippen LogP contribution in [0.1, 0.15) is 54.7 Å². The first-order valence-corrected chi connectivity index (χ1v) is 9.89. The van der Waals surface area contributed by atoms with Crippen LogP contribution in [0.2, 0.25) is 0 Å². The molecule has 0 spiro atoms. The smallest absolute Gasteiger partial charge is 0.413 e. The number of ether oxygens (including phenoxy) is 2. The molecule has 2 amide bonds. The molecule has 2 heterocycles. The fourth-order valence-electron chi connectivity index (χ4n) is 3.30. The van der Waals surface area contributed by atoms with Crippen molar-refractivity contribution in [1.29, 1.82) is 5.41 Å². The van der Waals surface area contributed by atoms with Crippen LogP contribution in [-0.2, 0) is 11.8 Å². The van der Waals surface area contributed by atoms with Gasteiger partial charge in [0.15, 0.2) is 0 Å². The number of aryl methyl sites for hydroxylation is 1. The minimum atomic E-state index is -0.663. The molecule has 8 heteroatoms. The molecule has 1 aromatic heterocycles. The fraction of sp³-hybridized carbons (Fsp3) is 0.409. The Morgan fingerprint density at radius 1 is 1.30 bits per heavy atom. The van der Waals surface area contributed by atoms with Crippen molar-refractivity contribution in [3.63, 3.8) is 0 Å². The highest BCUT2D eigenvalue weighted by Crippen LogP contribution is 2.36. The fourth-order valence-corrected chi connectivity index (χ4v) is 3.30. The normalized spacial score (nSPS) is 15.1. The number of nitrogens with zero attached hydrogens (tertiary/aromatic N) is 1. The van der Waals surface area contributed by atoms with Gasteiger partial charge >= 0.3 is 6.09 Å². The molecule has 3 N–H and O–H groups in total. The average Bonchev–Trinajstić information content (AvgIpc) is 3.25. The van der Waals surface area contributed by atoms with E-state index in [1.54, 1.807) is 43.5 Å². The van der Waals surface area contributed by atoms with Gasteiger partial charge in [-0.1, -0.05) is 0 Å². The minimum absolute atomic E-state index is 0.0327. The topological polar surface area (TPSA) is 105 Å². The number of hydrogen-bond acceptors (Lipinski definition) is 5. The second-order valence-electron chi connectivity index (χ2n) is 8.31. The molecule has 0 saturated heterocycles. The number of aromatic nitrogens is 1. The van der Waals surface area contributed by atoms with Gasteiger partial charge in [-0.05, 0) is 57.5 Å². The molecule has 1 aliphatic heterocycles. The third kappa shape index (κ3) is 5.20. The van der Waals surface area contributed by atoms with Gasteiger partial charge in [0.2, 0.25) is 0 Å². The molecule has 8 nitrogen and oxygen atoms in total. The number of carbonyl (C=O) groups excluding carboxylic acids is 2. The summed E-state index contributed by atoms with van der Waals surface area (Å²) in [7, 11) is 1.83. The quantitative estimate of drug-likeness (QED) is 0.518. The van der Waals surface area contributed by atoms with Gasteiger partial charge in [-0.2, -0.15) is 0 Å². The maximum Gasteiger partial charge on any atom is 0.413 e. The van der Waals surface area contributed by atoms with E-state index >= 15 is 0 Å². The summed E-state index contributed by atoms with van der Waals surface area (Å²) in [5.74, 6) is 0.721. The highest BCUT2D eigenvalue weighted by molar-refractivity contribution is 6.04. The van der Waals surface area contributed by atoms with E-state index in [2.05, 4.69) is 10.6 Å². The molecular formula is C22H28N4O4. The maximum atomic E-state index is 12.2. The number of amidine groups is 1. The van der Waals surface area contributed by atoms with Crippen LogP contribution in [0.3, 0.4) is 0 Å². The van der Waals surface area contributed by atoms with Crippen LogP contribution in [0.25, 0.3) is 0 Å². The molecule has 3 rings (SSSR count). The second-order valence-corrected chi connectivity index (χ2v) is 8.31. The third-order valence-electron chi connectivity index (χ3n) is 4.76. The number of hydrogen-bond donors (Lipinski definition) is 3. The summed E-state index contributed by atoms with van der Waals surface area (Å²) in [5.41, 5.74) is 1.52. The van der Waals surface area contributed by atoms with Crippen LogP contribution in [0, 0.1) is 5.41 Å². The molecule has 0 fully saturated rings.